The third kappa shape index (κ3) is 4.26. The predicted molar refractivity (Wildman–Crippen MR) is 122 cm³/mol. The molecule has 7 nitrogen and oxygen atoms in total. The fourth-order valence-electron chi connectivity index (χ4n) is 4.51. The lowest BCUT2D eigenvalue weighted by atomic mass is 9.71. The largest absolute Gasteiger partial charge is 0.392 e. The van der Waals surface area contributed by atoms with Gasteiger partial charge in [0.15, 0.2) is 0 Å². The molecule has 1 amide bonds. The van der Waals surface area contributed by atoms with Crippen LogP contribution in [-0.4, -0.2) is 39.7 Å². The second kappa shape index (κ2) is 8.75. The van der Waals surface area contributed by atoms with E-state index in [1.165, 1.54) is 12.1 Å². The average Bonchev–Trinajstić information content (AvgIpc) is 3.06. The number of amides is 1. The van der Waals surface area contributed by atoms with E-state index >= 15 is 0 Å². The van der Waals surface area contributed by atoms with E-state index in [-0.39, 0.29) is 23.2 Å². The van der Waals surface area contributed by atoms with Crippen molar-refractivity contribution in [3.63, 3.8) is 0 Å². The molecule has 3 atom stereocenters. The molecule has 1 aromatic heterocycles. The molecule has 1 aromatic carbocycles. The summed E-state index contributed by atoms with van der Waals surface area (Å²) in [6, 6.07) is 4.34. The molecular weight excluding hydrogens is 409 g/mol. The maximum Gasteiger partial charge on any atom is 0.232 e. The maximum absolute atomic E-state index is 13.6. The molecule has 1 saturated carbocycles. The molecular formula is C24H28FN5O2. The van der Waals surface area contributed by atoms with Crippen molar-refractivity contribution in [3.05, 3.63) is 41.3 Å². The summed E-state index contributed by atoms with van der Waals surface area (Å²) in [6.07, 6.45) is 9.91. The Morgan fingerprint density at radius 2 is 2.19 bits per heavy atom. The first kappa shape index (κ1) is 22.0. The third-order valence-corrected chi connectivity index (χ3v) is 6.66. The van der Waals surface area contributed by atoms with Crippen LogP contribution in [-0.2, 0) is 4.79 Å². The molecule has 0 saturated heterocycles. The first-order valence-corrected chi connectivity index (χ1v) is 10.9. The quantitative estimate of drug-likeness (QED) is 0.517. The van der Waals surface area contributed by atoms with E-state index in [4.69, 9.17) is 6.42 Å². The summed E-state index contributed by atoms with van der Waals surface area (Å²) < 4.78 is 13.6. The van der Waals surface area contributed by atoms with Crippen molar-refractivity contribution in [2.45, 2.75) is 57.6 Å². The van der Waals surface area contributed by atoms with Gasteiger partial charge in [0.05, 0.1) is 23.8 Å². The number of hydrogen-bond acceptors (Lipinski definition) is 6. The summed E-state index contributed by atoms with van der Waals surface area (Å²) >= 11 is 0. The molecule has 0 bridgehead atoms. The van der Waals surface area contributed by atoms with Crippen molar-refractivity contribution >= 4 is 23.4 Å². The minimum atomic E-state index is -0.430. The van der Waals surface area contributed by atoms with Crippen molar-refractivity contribution in [2.75, 3.05) is 22.5 Å². The standard InChI is InChI=1S/C24H28FN5O2/c1-4-14-13-27-23(30-21(14)29-19-6-5-7-20(31)24(19,2)3)26-11-10-16-17-12-15(25)8-9-18(17)28-22(16)32/h1,8-9,12-13,16,19-20,31H,5-7,10-11H2,2-3H3,(H,28,32)(H2,26,27,29,30)/t16?,19-,20-/m1/s1. The molecule has 1 aliphatic carbocycles. The Bertz CT molecular complexity index is 1060. The number of carbonyl (C=O) groups is 1. The lowest BCUT2D eigenvalue weighted by Crippen LogP contribution is -2.48. The molecule has 4 N–H and O–H groups in total. The fraction of sp³-hybridized carbons (Fsp3) is 0.458. The van der Waals surface area contributed by atoms with Crippen molar-refractivity contribution in [3.8, 4) is 12.3 Å². The maximum atomic E-state index is 13.6. The van der Waals surface area contributed by atoms with Gasteiger partial charge in [-0.25, -0.2) is 9.37 Å². The van der Waals surface area contributed by atoms with Gasteiger partial charge in [-0.1, -0.05) is 19.8 Å². The van der Waals surface area contributed by atoms with E-state index in [0.29, 0.717) is 41.5 Å². The second-order valence-corrected chi connectivity index (χ2v) is 9.05. The Hall–Kier alpha value is -3.18. The minimum Gasteiger partial charge on any atom is -0.392 e. The summed E-state index contributed by atoms with van der Waals surface area (Å²) in [7, 11) is 0. The van der Waals surface area contributed by atoms with Gasteiger partial charge in [-0.3, -0.25) is 4.79 Å². The van der Waals surface area contributed by atoms with Gasteiger partial charge in [0.1, 0.15) is 11.6 Å². The smallest absolute Gasteiger partial charge is 0.232 e. The molecule has 1 fully saturated rings. The summed E-state index contributed by atoms with van der Waals surface area (Å²) in [6.45, 7) is 4.51. The van der Waals surface area contributed by atoms with E-state index < -0.39 is 12.0 Å². The third-order valence-electron chi connectivity index (χ3n) is 6.66. The van der Waals surface area contributed by atoms with Crippen LogP contribution < -0.4 is 16.0 Å². The van der Waals surface area contributed by atoms with Gasteiger partial charge in [-0.05, 0) is 49.4 Å². The van der Waals surface area contributed by atoms with Crippen LogP contribution in [0.2, 0.25) is 0 Å². The molecule has 1 aliphatic heterocycles. The number of rotatable bonds is 6. The fourth-order valence-corrected chi connectivity index (χ4v) is 4.51. The van der Waals surface area contributed by atoms with Gasteiger partial charge < -0.3 is 21.1 Å². The van der Waals surface area contributed by atoms with Crippen LogP contribution in [0.4, 0.5) is 21.8 Å². The number of anilines is 3. The number of aliphatic hydroxyl groups excluding tert-OH is 1. The van der Waals surface area contributed by atoms with Gasteiger partial charge in [-0.2, -0.15) is 4.98 Å². The number of nitrogens with one attached hydrogen (secondary N) is 3. The van der Waals surface area contributed by atoms with Crippen molar-refractivity contribution in [1.82, 2.24) is 9.97 Å². The topological polar surface area (TPSA) is 99.2 Å². The number of carbonyl (C=O) groups excluding carboxylic acids is 1. The van der Waals surface area contributed by atoms with Crippen LogP contribution in [0.15, 0.2) is 24.4 Å². The van der Waals surface area contributed by atoms with Crippen molar-refractivity contribution in [2.24, 2.45) is 5.41 Å². The number of nitrogens with zero attached hydrogens (tertiary/aromatic N) is 2. The lowest BCUT2D eigenvalue weighted by molar-refractivity contribution is -0.117. The molecule has 8 heteroatoms. The van der Waals surface area contributed by atoms with Gasteiger partial charge in [-0.15, -0.1) is 6.42 Å². The van der Waals surface area contributed by atoms with E-state index in [0.717, 1.165) is 19.3 Å². The van der Waals surface area contributed by atoms with Crippen LogP contribution in [0, 0.1) is 23.6 Å². The van der Waals surface area contributed by atoms with Gasteiger partial charge in [0, 0.05) is 23.7 Å². The van der Waals surface area contributed by atoms with E-state index in [2.05, 4.69) is 31.8 Å². The Kier molecular flexibility index (Phi) is 6.02. The molecule has 1 unspecified atom stereocenters. The molecule has 2 aromatic rings. The van der Waals surface area contributed by atoms with Gasteiger partial charge in [0.25, 0.3) is 0 Å². The van der Waals surface area contributed by atoms with Crippen LogP contribution in [0.1, 0.15) is 56.6 Å². The highest BCUT2D eigenvalue weighted by Crippen LogP contribution is 2.38. The van der Waals surface area contributed by atoms with E-state index in [9.17, 15) is 14.3 Å². The number of aromatic nitrogens is 2. The Balaban J connectivity index is 1.44. The van der Waals surface area contributed by atoms with Crippen molar-refractivity contribution in [1.29, 1.82) is 0 Å². The first-order chi connectivity index (χ1) is 15.3. The molecule has 0 radical (unpaired) electrons. The molecule has 4 rings (SSSR count). The van der Waals surface area contributed by atoms with Gasteiger partial charge in [0.2, 0.25) is 11.9 Å². The van der Waals surface area contributed by atoms with Gasteiger partial charge >= 0.3 is 0 Å². The average molecular weight is 438 g/mol. The predicted octanol–water partition coefficient (Wildman–Crippen LogP) is 3.49. The SMILES string of the molecule is C#Cc1cnc(NCCC2C(=O)Nc3ccc(F)cc32)nc1N[C@@H]1CCC[C@@H](O)C1(C)C. The monoisotopic (exact) mass is 437 g/mol. The Morgan fingerprint density at radius 1 is 1.38 bits per heavy atom. The zero-order chi connectivity index (χ0) is 22.9. The summed E-state index contributed by atoms with van der Waals surface area (Å²) in [5, 5.41) is 19.8. The minimum absolute atomic E-state index is 0.0229. The number of fused-ring (bicyclic) bond motifs is 1. The lowest BCUT2D eigenvalue weighted by Gasteiger charge is -2.43. The number of benzene rings is 1. The molecule has 168 valence electrons. The molecule has 32 heavy (non-hydrogen) atoms. The van der Waals surface area contributed by atoms with Crippen LogP contribution in [0.25, 0.3) is 0 Å². The summed E-state index contributed by atoms with van der Waals surface area (Å²) in [5.41, 5.74) is 1.55. The number of halogens is 1. The highest BCUT2D eigenvalue weighted by Gasteiger charge is 2.39. The second-order valence-electron chi connectivity index (χ2n) is 9.05. The first-order valence-electron chi connectivity index (χ1n) is 10.9. The number of terminal acetylenes is 1. The number of hydrogen-bond donors (Lipinski definition) is 4. The van der Waals surface area contributed by atoms with E-state index in [1.54, 1.807) is 12.3 Å². The van der Waals surface area contributed by atoms with Crippen LogP contribution in [0.5, 0.6) is 0 Å². The normalized spacial score (nSPS) is 23.7. The molecule has 0 spiro atoms. The summed E-state index contributed by atoms with van der Waals surface area (Å²) in [5.74, 6) is 2.60. The van der Waals surface area contributed by atoms with Crippen LogP contribution >= 0.6 is 0 Å². The highest BCUT2D eigenvalue weighted by atomic mass is 19.1. The zero-order valence-electron chi connectivity index (χ0n) is 18.3. The van der Waals surface area contributed by atoms with Crippen LogP contribution in [0.3, 0.4) is 0 Å². The molecule has 2 heterocycles. The zero-order valence-corrected chi connectivity index (χ0v) is 18.3. The molecule has 2 aliphatic rings. The van der Waals surface area contributed by atoms with E-state index in [1.807, 2.05) is 13.8 Å². The summed E-state index contributed by atoms with van der Waals surface area (Å²) in [4.78, 5) is 21.1. The van der Waals surface area contributed by atoms with Crippen molar-refractivity contribution < 1.29 is 14.3 Å². The Morgan fingerprint density at radius 3 is 2.97 bits per heavy atom. The highest BCUT2D eigenvalue weighted by molar-refractivity contribution is 6.02. The number of aliphatic hydroxyl groups is 1. The Labute approximate surface area is 187 Å².